The van der Waals surface area contributed by atoms with Gasteiger partial charge in [0, 0.05) is 0 Å². The van der Waals surface area contributed by atoms with E-state index < -0.39 is 0 Å². The maximum Gasteiger partial charge on any atom is 0.268 e. The highest BCUT2D eigenvalue weighted by Crippen LogP contribution is 2.21. The number of benzene rings is 1. The molecular weight excluding hydrogens is 299 g/mol. The van der Waals surface area contributed by atoms with Crippen molar-refractivity contribution < 1.29 is 4.79 Å². The molecule has 1 amide bonds. The molecule has 0 atom stereocenters. The lowest BCUT2D eigenvalue weighted by Gasteiger charge is -2.00. The molecule has 102 valence electrons. The number of aromatic amines is 2. The quantitative estimate of drug-likeness (QED) is 0.695. The van der Waals surface area contributed by atoms with Crippen LogP contribution in [-0.4, -0.2) is 20.9 Å². The Labute approximate surface area is 124 Å². The summed E-state index contributed by atoms with van der Waals surface area (Å²) >= 11 is 11.5. The highest BCUT2D eigenvalue weighted by atomic mass is 35.5. The molecule has 3 aromatic rings. The van der Waals surface area contributed by atoms with Gasteiger partial charge in [-0.15, -0.1) is 0 Å². The number of hydrogen-bond donors (Lipinski definition) is 3. The Morgan fingerprint density at radius 2 is 2.05 bits per heavy atom. The molecule has 1 aromatic carbocycles. The summed E-state index contributed by atoms with van der Waals surface area (Å²) in [6.45, 7) is 0.293. The van der Waals surface area contributed by atoms with Gasteiger partial charge < -0.3 is 15.3 Å². The fourth-order valence-electron chi connectivity index (χ4n) is 1.88. The monoisotopic (exact) mass is 308 g/mol. The second kappa shape index (κ2) is 5.19. The largest absolute Gasteiger partial charge is 0.344 e. The van der Waals surface area contributed by atoms with Gasteiger partial charge in [-0.3, -0.25) is 4.79 Å². The Morgan fingerprint density at radius 1 is 1.25 bits per heavy atom. The summed E-state index contributed by atoms with van der Waals surface area (Å²) in [5.41, 5.74) is 2.11. The lowest BCUT2D eigenvalue weighted by Crippen LogP contribution is -2.23. The van der Waals surface area contributed by atoms with Crippen molar-refractivity contribution in [2.45, 2.75) is 6.54 Å². The van der Waals surface area contributed by atoms with Gasteiger partial charge in [0.1, 0.15) is 16.7 Å². The van der Waals surface area contributed by atoms with Gasteiger partial charge in [-0.1, -0.05) is 35.3 Å². The predicted molar refractivity (Wildman–Crippen MR) is 78.1 cm³/mol. The van der Waals surface area contributed by atoms with Crippen molar-refractivity contribution in [3.05, 3.63) is 52.0 Å². The minimum atomic E-state index is -0.292. The molecule has 2 heterocycles. The third-order valence-electron chi connectivity index (χ3n) is 2.82. The second-order valence-electron chi connectivity index (χ2n) is 4.23. The van der Waals surface area contributed by atoms with Crippen LogP contribution in [0.2, 0.25) is 10.2 Å². The number of carbonyl (C=O) groups is 1. The van der Waals surface area contributed by atoms with Crippen molar-refractivity contribution >= 4 is 40.1 Å². The number of fused-ring (bicyclic) bond motifs is 1. The van der Waals surface area contributed by atoms with Crippen LogP contribution in [-0.2, 0) is 6.54 Å². The van der Waals surface area contributed by atoms with Gasteiger partial charge in [0.25, 0.3) is 5.91 Å². The Bertz CT molecular complexity index is 725. The number of nitrogens with zero attached hydrogens (tertiary/aromatic N) is 1. The Balaban J connectivity index is 1.71. The minimum absolute atomic E-state index is 0.251. The van der Waals surface area contributed by atoms with Gasteiger partial charge in [-0.05, 0) is 18.2 Å². The highest BCUT2D eigenvalue weighted by molar-refractivity contribution is 6.41. The van der Waals surface area contributed by atoms with Crippen molar-refractivity contribution in [1.82, 2.24) is 20.3 Å². The molecule has 0 bridgehead atoms. The number of rotatable bonds is 3. The lowest BCUT2D eigenvalue weighted by molar-refractivity contribution is 0.0945. The third-order valence-corrected chi connectivity index (χ3v) is 3.52. The number of amides is 1. The molecule has 0 fully saturated rings. The number of aromatic nitrogens is 3. The summed E-state index contributed by atoms with van der Waals surface area (Å²) in [4.78, 5) is 22.1. The number of hydrogen-bond acceptors (Lipinski definition) is 2. The fourth-order valence-corrected chi connectivity index (χ4v) is 2.19. The van der Waals surface area contributed by atoms with Crippen LogP contribution in [0.4, 0.5) is 0 Å². The third kappa shape index (κ3) is 2.50. The maximum atomic E-state index is 11.9. The van der Waals surface area contributed by atoms with Crippen molar-refractivity contribution in [3.63, 3.8) is 0 Å². The van der Waals surface area contributed by atoms with Crippen LogP contribution in [0.3, 0.4) is 0 Å². The van der Waals surface area contributed by atoms with E-state index in [9.17, 15) is 4.79 Å². The topological polar surface area (TPSA) is 73.6 Å². The van der Waals surface area contributed by atoms with E-state index in [-0.39, 0.29) is 11.1 Å². The van der Waals surface area contributed by atoms with Gasteiger partial charge in [0.2, 0.25) is 0 Å². The Hall–Kier alpha value is -1.98. The molecule has 0 unspecified atom stereocenters. The Kier molecular flexibility index (Phi) is 3.38. The van der Waals surface area contributed by atoms with Gasteiger partial charge in [0.15, 0.2) is 0 Å². The van der Waals surface area contributed by atoms with Crippen molar-refractivity contribution in [3.8, 4) is 0 Å². The molecule has 0 saturated carbocycles. The first kappa shape index (κ1) is 13.0. The van der Waals surface area contributed by atoms with Gasteiger partial charge >= 0.3 is 0 Å². The van der Waals surface area contributed by atoms with E-state index >= 15 is 0 Å². The van der Waals surface area contributed by atoms with Crippen LogP contribution in [0.15, 0.2) is 30.3 Å². The molecule has 2 aromatic heterocycles. The van der Waals surface area contributed by atoms with Crippen LogP contribution in [0.5, 0.6) is 0 Å². The number of imidazole rings is 1. The minimum Gasteiger partial charge on any atom is -0.344 e. The molecule has 0 spiro atoms. The first-order valence-electron chi connectivity index (χ1n) is 5.89. The molecule has 0 radical (unpaired) electrons. The average Bonchev–Trinajstić information content (AvgIpc) is 3.00. The van der Waals surface area contributed by atoms with Crippen LogP contribution in [0.25, 0.3) is 11.0 Å². The summed E-state index contributed by atoms with van der Waals surface area (Å²) in [5, 5.41) is 3.31. The molecule has 0 aliphatic carbocycles. The smallest absolute Gasteiger partial charge is 0.268 e. The zero-order valence-electron chi connectivity index (χ0n) is 10.2. The molecule has 3 N–H and O–H groups in total. The maximum absolute atomic E-state index is 11.9. The van der Waals surface area contributed by atoms with Crippen LogP contribution in [0.1, 0.15) is 16.3 Å². The van der Waals surface area contributed by atoms with Crippen molar-refractivity contribution in [2.24, 2.45) is 0 Å². The average molecular weight is 309 g/mol. The first-order chi connectivity index (χ1) is 9.63. The van der Waals surface area contributed by atoms with Crippen molar-refractivity contribution in [1.29, 1.82) is 0 Å². The van der Waals surface area contributed by atoms with E-state index in [1.165, 1.54) is 6.07 Å². The van der Waals surface area contributed by atoms with E-state index in [0.717, 1.165) is 11.0 Å². The van der Waals surface area contributed by atoms with Crippen molar-refractivity contribution in [2.75, 3.05) is 0 Å². The fraction of sp³-hybridized carbons (Fsp3) is 0.0769. The van der Waals surface area contributed by atoms with E-state index in [0.29, 0.717) is 23.1 Å². The highest BCUT2D eigenvalue weighted by Gasteiger charge is 2.12. The zero-order chi connectivity index (χ0) is 14.1. The molecule has 20 heavy (non-hydrogen) atoms. The second-order valence-corrected chi connectivity index (χ2v) is 5.01. The van der Waals surface area contributed by atoms with E-state index in [1.807, 2.05) is 24.3 Å². The molecular formula is C13H10Cl2N4O. The number of carbonyl (C=O) groups excluding carboxylic acids is 1. The first-order valence-corrected chi connectivity index (χ1v) is 6.65. The number of halogens is 2. The van der Waals surface area contributed by atoms with E-state index in [2.05, 4.69) is 20.3 Å². The summed E-state index contributed by atoms with van der Waals surface area (Å²) in [6, 6.07) is 9.15. The zero-order valence-corrected chi connectivity index (χ0v) is 11.7. The normalized spacial score (nSPS) is 10.9. The Morgan fingerprint density at radius 3 is 2.75 bits per heavy atom. The van der Waals surface area contributed by atoms with Gasteiger partial charge in [-0.2, -0.15) is 0 Å². The number of para-hydroxylation sites is 2. The number of nitrogens with one attached hydrogen (secondary N) is 3. The number of H-pyrrole nitrogens is 2. The van der Waals surface area contributed by atoms with Gasteiger partial charge in [0.05, 0.1) is 22.6 Å². The molecule has 0 aliphatic heterocycles. The molecule has 5 nitrogen and oxygen atoms in total. The van der Waals surface area contributed by atoms with Crippen LogP contribution >= 0.6 is 23.2 Å². The summed E-state index contributed by atoms with van der Waals surface area (Å²) < 4.78 is 0. The molecule has 0 aliphatic rings. The van der Waals surface area contributed by atoms with E-state index in [4.69, 9.17) is 23.2 Å². The SMILES string of the molecule is O=C(NCc1nc2ccccc2[nH]1)c1cc(Cl)c(Cl)[nH]1. The molecule has 7 heteroatoms. The standard InChI is InChI=1S/C13H10Cl2N4O/c14-7-5-10(19-12(7)15)13(20)16-6-11-17-8-3-1-2-4-9(8)18-11/h1-5,19H,6H2,(H,16,20)(H,17,18). The predicted octanol–water partition coefficient (Wildman–Crippen LogP) is 3.13. The van der Waals surface area contributed by atoms with Crippen LogP contribution < -0.4 is 5.32 Å². The summed E-state index contributed by atoms with van der Waals surface area (Å²) in [5.74, 6) is 0.391. The lowest BCUT2D eigenvalue weighted by atomic mass is 10.3. The molecule has 3 rings (SSSR count). The van der Waals surface area contributed by atoms with E-state index in [1.54, 1.807) is 0 Å². The van der Waals surface area contributed by atoms with Gasteiger partial charge in [-0.25, -0.2) is 4.98 Å². The summed E-state index contributed by atoms with van der Waals surface area (Å²) in [7, 11) is 0. The summed E-state index contributed by atoms with van der Waals surface area (Å²) in [6.07, 6.45) is 0. The molecule has 0 saturated heterocycles. The van der Waals surface area contributed by atoms with Crippen LogP contribution in [0, 0.1) is 0 Å².